The summed E-state index contributed by atoms with van der Waals surface area (Å²) in [5.41, 5.74) is 1.41. The molecule has 2 saturated heterocycles. The lowest BCUT2D eigenvalue weighted by Gasteiger charge is -2.31. The molecule has 0 aliphatic carbocycles. The third kappa shape index (κ3) is 4.07. The molecule has 7 nitrogen and oxygen atoms in total. The van der Waals surface area contributed by atoms with Gasteiger partial charge in [-0.2, -0.15) is 0 Å². The number of carbonyl (C=O) groups excluding carboxylic acids is 2. The van der Waals surface area contributed by atoms with Crippen LogP contribution < -0.4 is 10.2 Å². The summed E-state index contributed by atoms with van der Waals surface area (Å²) in [6, 6.07) is 7.25. The molecule has 142 valence electrons. The van der Waals surface area contributed by atoms with E-state index in [-0.39, 0.29) is 30.0 Å². The maximum absolute atomic E-state index is 12.6. The van der Waals surface area contributed by atoms with Gasteiger partial charge in [-0.3, -0.25) is 9.59 Å². The van der Waals surface area contributed by atoms with Crippen molar-refractivity contribution in [3.63, 3.8) is 0 Å². The Hall–Kier alpha value is -1.93. The van der Waals surface area contributed by atoms with E-state index in [2.05, 4.69) is 5.32 Å². The molecule has 2 fully saturated rings. The van der Waals surface area contributed by atoms with Gasteiger partial charge in [-0.25, -0.2) is 12.7 Å². The fourth-order valence-electron chi connectivity index (χ4n) is 3.51. The molecular weight excluding hydrogens is 354 g/mol. The van der Waals surface area contributed by atoms with Crippen LogP contribution in [0.2, 0.25) is 0 Å². The van der Waals surface area contributed by atoms with Crippen molar-refractivity contribution < 1.29 is 18.0 Å². The van der Waals surface area contributed by atoms with E-state index in [1.54, 1.807) is 24.0 Å². The Kier molecular flexibility index (Phi) is 5.62. The van der Waals surface area contributed by atoms with Crippen LogP contribution in [0.5, 0.6) is 0 Å². The lowest BCUT2D eigenvalue weighted by molar-refractivity contribution is -0.121. The van der Waals surface area contributed by atoms with Gasteiger partial charge >= 0.3 is 0 Å². The van der Waals surface area contributed by atoms with Crippen molar-refractivity contribution in [2.24, 2.45) is 5.92 Å². The third-order valence-electron chi connectivity index (χ3n) is 5.01. The first-order valence-electron chi connectivity index (χ1n) is 9.10. The largest absolute Gasteiger partial charge is 0.326 e. The number of sulfonamides is 1. The minimum Gasteiger partial charge on any atom is -0.326 e. The molecule has 1 aromatic rings. The standard InChI is InChI=1S/C18H25N3O4S/c1-2-26(24,25)20-10-4-6-14(13-20)18(23)19-15-7-3-8-16(12-15)21-11-5-9-17(21)22/h3,7-8,12,14H,2,4-6,9-11,13H2,1H3,(H,19,23)/t14-/m0/s1. The Balaban J connectivity index is 1.67. The van der Waals surface area contributed by atoms with E-state index in [1.165, 1.54) is 4.31 Å². The molecule has 2 amide bonds. The minimum absolute atomic E-state index is 0.0489. The van der Waals surface area contributed by atoms with Gasteiger partial charge in [0.2, 0.25) is 21.8 Å². The SMILES string of the molecule is CCS(=O)(=O)N1CCC[C@H](C(=O)Nc2cccc(N3CCCC3=O)c2)C1. The van der Waals surface area contributed by atoms with E-state index in [1.807, 2.05) is 12.1 Å². The number of anilines is 2. The number of carbonyl (C=O) groups is 2. The van der Waals surface area contributed by atoms with Gasteiger partial charge in [-0.05, 0) is 44.4 Å². The lowest BCUT2D eigenvalue weighted by Crippen LogP contribution is -2.44. The van der Waals surface area contributed by atoms with Crippen LogP contribution in [-0.2, 0) is 19.6 Å². The van der Waals surface area contributed by atoms with Crippen molar-refractivity contribution in [3.8, 4) is 0 Å². The smallest absolute Gasteiger partial charge is 0.228 e. The highest BCUT2D eigenvalue weighted by molar-refractivity contribution is 7.89. The molecule has 0 radical (unpaired) electrons. The monoisotopic (exact) mass is 379 g/mol. The number of hydrogen-bond donors (Lipinski definition) is 1. The highest BCUT2D eigenvalue weighted by atomic mass is 32.2. The molecule has 1 N–H and O–H groups in total. The Bertz CT molecular complexity index is 793. The molecule has 1 aromatic carbocycles. The number of benzene rings is 1. The average Bonchev–Trinajstić information content (AvgIpc) is 3.08. The second-order valence-electron chi connectivity index (χ2n) is 6.79. The molecule has 0 bridgehead atoms. The van der Waals surface area contributed by atoms with Crippen molar-refractivity contribution >= 4 is 33.2 Å². The zero-order valence-corrected chi connectivity index (χ0v) is 15.8. The van der Waals surface area contributed by atoms with Gasteiger partial charge in [0.15, 0.2) is 0 Å². The third-order valence-corrected chi connectivity index (χ3v) is 6.86. The molecule has 0 aromatic heterocycles. The second kappa shape index (κ2) is 7.75. The summed E-state index contributed by atoms with van der Waals surface area (Å²) in [6.45, 7) is 3.02. The molecule has 26 heavy (non-hydrogen) atoms. The number of amides is 2. The molecule has 0 saturated carbocycles. The molecule has 0 unspecified atom stereocenters. The molecule has 2 aliphatic heterocycles. The summed E-state index contributed by atoms with van der Waals surface area (Å²) in [5, 5.41) is 2.88. The van der Waals surface area contributed by atoms with Gasteiger partial charge in [0.05, 0.1) is 11.7 Å². The van der Waals surface area contributed by atoms with E-state index < -0.39 is 10.0 Å². The van der Waals surface area contributed by atoms with Crippen molar-refractivity contribution in [1.29, 1.82) is 0 Å². The predicted octanol–water partition coefficient (Wildman–Crippen LogP) is 1.81. The topological polar surface area (TPSA) is 86.8 Å². The normalized spacial score (nSPS) is 21.8. The summed E-state index contributed by atoms with van der Waals surface area (Å²) in [7, 11) is -3.28. The molecule has 0 spiro atoms. The fraction of sp³-hybridized carbons (Fsp3) is 0.556. The van der Waals surface area contributed by atoms with Crippen LogP contribution in [0.15, 0.2) is 24.3 Å². The number of nitrogens with one attached hydrogen (secondary N) is 1. The van der Waals surface area contributed by atoms with E-state index in [9.17, 15) is 18.0 Å². The number of hydrogen-bond acceptors (Lipinski definition) is 4. The number of rotatable bonds is 5. The fourth-order valence-corrected chi connectivity index (χ4v) is 4.69. The summed E-state index contributed by atoms with van der Waals surface area (Å²) < 4.78 is 25.5. The van der Waals surface area contributed by atoms with Gasteiger partial charge in [0, 0.05) is 37.4 Å². The van der Waals surface area contributed by atoms with Crippen molar-refractivity contribution in [2.45, 2.75) is 32.6 Å². The first kappa shape index (κ1) is 18.8. The van der Waals surface area contributed by atoms with E-state index in [0.717, 1.165) is 12.1 Å². The predicted molar refractivity (Wildman–Crippen MR) is 100 cm³/mol. The Labute approximate surface area is 154 Å². The summed E-state index contributed by atoms with van der Waals surface area (Å²) >= 11 is 0. The van der Waals surface area contributed by atoms with Gasteiger partial charge in [-0.15, -0.1) is 0 Å². The van der Waals surface area contributed by atoms with Crippen molar-refractivity contribution in [3.05, 3.63) is 24.3 Å². The van der Waals surface area contributed by atoms with Gasteiger partial charge in [0.1, 0.15) is 0 Å². The second-order valence-corrected chi connectivity index (χ2v) is 9.04. The Morgan fingerprint density at radius 2 is 2.08 bits per heavy atom. The molecular formula is C18H25N3O4S. The van der Waals surface area contributed by atoms with E-state index in [0.29, 0.717) is 38.0 Å². The Morgan fingerprint density at radius 1 is 1.27 bits per heavy atom. The summed E-state index contributed by atoms with van der Waals surface area (Å²) in [6.07, 6.45) is 2.76. The van der Waals surface area contributed by atoms with Gasteiger partial charge in [0.25, 0.3) is 0 Å². The highest BCUT2D eigenvalue weighted by Crippen LogP contribution is 2.26. The van der Waals surface area contributed by atoms with E-state index >= 15 is 0 Å². The first-order chi connectivity index (χ1) is 12.4. The summed E-state index contributed by atoms with van der Waals surface area (Å²) in [4.78, 5) is 26.2. The van der Waals surface area contributed by atoms with Crippen LogP contribution in [0.3, 0.4) is 0 Å². The van der Waals surface area contributed by atoms with Crippen LogP contribution in [0.4, 0.5) is 11.4 Å². The Morgan fingerprint density at radius 3 is 2.77 bits per heavy atom. The van der Waals surface area contributed by atoms with Crippen LogP contribution in [0.1, 0.15) is 32.6 Å². The maximum atomic E-state index is 12.6. The molecule has 3 rings (SSSR count). The van der Waals surface area contributed by atoms with Gasteiger partial charge < -0.3 is 10.2 Å². The molecule has 2 heterocycles. The quantitative estimate of drug-likeness (QED) is 0.845. The summed E-state index contributed by atoms with van der Waals surface area (Å²) in [5.74, 6) is -0.387. The van der Waals surface area contributed by atoms with E-state index in [4.69, 9.17) is 0 Å². The van der Waals surface area contributed by atoms with Crippen LogP contribution in [-0.4, -0.2) is 49.9 Å². The molecule has 2 aliphatic rings. The van der Waals surface area contributed by atoms with Crippen LogP contribution in [0, 0.1) is 5.92 Å². The first-order valence-corrected chi connectivity index (χ1v) is 10.7. The average molecular weight is 379 g/mol. The van der Waals surface area contributed by atoms with Gasteiger partial charge in [-0.1, -0.05) is 6.07 Å². The molecule has 8 heteroatoms. The maximum Gasteiger partial charge on any atom is 0.228 e. The van der Waals surface area contributed by atoms with Crippen LogP contribution >= 0.6 is 0 Å². The number of nitrogens with zero attached hydrogens (tertiary/aromatic N) is 2. The molecule has 1 atom stereocenters. The zero-order valence-electron chi connectivity index (χ0n) is 15.0. The lowest BCUT2D eigenvalue weighted by atomic mass is 9.98. The highest BCUT2D eigenvalue weighted by Gasteiger charge is 2.31. The minimum atomic E-state index is -3.28. The number of piperidine rings is 1. The zero-order chi connectivity index (χ0) is 18.7. The van der Waals surface area contributed by atoms with Crippen molar-refractivity contribution in [2.75, 3.05) is 35.6 Å². The van der Waals surface area contributed by atoms with Crippen LogP contribution in [0.25, 0.3) is 0 Å². The van der Waals surface area contributed by atoms with Crippen molar-refractivity contribution in [1.82, 2.24) is 4.31 Å².